The Morgan fingerprint density at radius 1 is 1.14 bits per heavy atom. The Labute approximate surface area is 210 Å². The van der Waals surface area contributed by atoms with Gasteiger partial charge in [-0.15, -0.1) is 0 Å². The van der Waals surface area contributed by atoms with Crippen LogP contribution in [0.1, 0.15) is 33.9 Å². The lowest BCUT2D eigenvalue weighted by atomic mass is 9.92. The number of nitrogens with zero attached hydrogens (tertiary/aromatic N) is 2. The average Bonchev–Trinajstić information content (AvgIpc) is 3.21. The summed E-state index contributed by atoms with van der Waals surface area (Å²) in [7, 11) is 0. The molecule has 0 unspecified atom stereocenters. The van der Waals surface area contributed by atoms with Crippen LogP contribution >= 0.6 is 0 Å². The first-order valence-corrected chi connectivity index (χ1v) is 12.4. The maximum atomic E-state index is 13.0. The standard InChI is InChI=1S/C28H32N6O2/c1-18-12-31-25-7-6-21(11-24(18)25)14-32-26(35)17-34-19(2)13-33-27(28(34)36)30-9-8-20-4-3-5-22(10-20)23-15-29-16-23/h3-7,10-13,23,29,31H,8-9,14-17H2,1-2H3,(H,30,33)(H,32,35). The van der Waals surface area contributed by atoms with Gasteiger partial charge in [-0.2, -0.15) is 0 Å². The highest BCUT2D eigenvalue weighted by molar-refractivity contribution is 5.83. The number of hydrogen-bond donors (Lipinski definition) is 4. The fourth-order valence-electron chi connectivity index (χ4n) is 4.56. The van der Waals surface area contributed by atoms with E-state index in [1.807, 2.05) is 18.3 Å². The summed E-state index contributed by atoms with van der Waals surface area (Å²) in [6.45, 7) is 6.84. The molecule has 36 heavy (non-hydrogen) atoms. The van der Waals surface area contributed by atoms with Crippen LogP contribution in [0.3, 0.4) is 0 Å². The van der Waals surface area contributed by atoms with Crippen LogP contribution in [0.4, 0.5) is 5.82 Å². The monoisotopic (exact) mass is 484 g/mol. The Bertz CT molecular complexity index is 1450. The normalized spacial score (nSPS) is 13.5. The highest BCUT2D eigenvalue weighted by Gasteiger charge is 2.18. The number of benzene rings is 2. The SMILES string of the molecule is Cc1c[nH]c2ccc(CNC(=O)Cn3c(C)cnc(NCCc4cccc(C5CNC5)c4)c3=O)cc12. The van der Waals surface area contributed by atoms with Gasteiger partial charge < -0.3 is 20.9 Å². The van der Waals surface area contributed by atoms with Crippen LogP contribution in [-0.2, 0) is 24.3 Å². The predicted octanol–water partition coefficient (Wildman–Crippen LogP) is 3.00. The summed E-state index contributed by atoms with van der Waals surface area (Å²) in [6, 6.07) is 14.7. The van der Waals surface area contributed by atoms with E-state index in [1.165, 1.54) is 21.3 Å². The zero-order valence-corrected chi connectivity index (χ0v) is 20.7. The molecule has 0 atom stereocenters. The van der Waals surface area contributed by atoms with Crippen molar-refractivity contribution in [2.75, 3.05) is 25.0 Å². The molecule has 8 nitrogen and oxygen atoms in total. The number of H-pyrrole nitrogens is 1. The molecule has 0 bridgehead atoms. The van der Waals surface area contributed by atoms with Crippen LogP contribution in [-0.4, -0.2) is 40.1 Å². The van der Waals surface area contributed by atoms with Crippen LogP contribution in [0.15, 0.2) is 59.7 Å². The second-order valence-electron chi connectivity index (χ2n) is 9.54. The van der Waals surface area contributed by atoms with Crippen molar-refractivity contribution in [1.82, 2.24) is 25.2 Å². The van der Waals surface area contributed by atoms with Gasteiger partial charge in [0.2, 0.25) is 5.91 Å². The third-order valence-corrected chi connectivity index (χ3v) is 6.91. The van der Waals surface area contributed by atoms with Gasteiger partial charge in [0, 0.05) is 61.1 Å². The van der Waals surface area contributed by atoms with Crippen LogP contribution in [0.2, 0.25) is 0 Å². The van der Waals surface area contributed by atoms with E-state index in [0.29, 0.717) is 24.7 Å². The molecule has 3 heterocycles. The summed E-state index contributed by atoms with van der Waals surface area (Å²) in [5.74, 6) is 0.641. The molecule has 2 aromatic carbocycles. The van der Waals surface area contributed by atoms with E-state index in [-0.39, 0.29) is 23.8 Å². The van der Waals surface area contributed by atoms with E-state index >= 15 is 0 Å². The van der Waals surface area contributed by atoms with E-state index in [2.05, 4.69) is 63.2 Å². The van der Waals surface area contributed by atoms with E-state index in [0.717, 1.165) is 36.0 Å². The van der Waals surface area contributed by atoms with E-state index in [1.54, 1.807) is 13.1 Å². The summed E-state index contributed by atoms with van der Waals surface area (Å²) in [5, 5.41) is 10.6. The molecule has 0 aliphatic carbocycles. The smallest absolute Gasteiger partial charge is 0.293 e. The van der Waals surface area contributed by atoms with E-state index in [4.69, 9.17) is 0 Å². The first-order chi connectivity index (χ1) is 17.5. The van der Waals surface area contributed by atoms with Crippen LogP contribution < -0.4 is 21.5 Å². The Hall–Kier alpha value is -3.91. The molecule has 0 radical (unpaired) electrons. The number of amides is 1. The van der Waals surface area contributed by atoms with Crippen molar-refractivity contribution in [3.05, 3.63) is 93.2 Å². The van der Waals surface area contributed by atoms with Crippen LogP contribution in [0.25, 0.3) is 10.9 Å². The fourth-order valence-corrected chi connectivity index (χ4v) is 4.56. The van der Waals surface area contributed by atoms with Gasteiger partial charge >= 0.3 is 0 Å². The molecule has 5 rings (SSSR count). The minimum atomic E-state index is -0.288. The number of aromatic amines is 1. The Kier molecular flexibility index (Phi) is 6.86. The minimum Gasteiger partial charge on any atom is -0.365 e. The van der Waals surface area contributed by atoms with Gasteiger partial charge in [0.1, 0.15) is 6.54 Å². The van der Waals surface area contributed by atoms with Crippen molar-refractivity contribution < 1.29 is 4.79 Å². The number of hydrogen-bond acceptors (Lipinski definition) is 5. The van der Waals surface area contributed by atoms with Crippen molar-refractivity contribution in [3.8, 4) is 0 Å². The molecule has 4 N–H and O–H groups in total. The van der Waals surface area contributed by atoms with Gasteiger partial charge in [0.15, 0.2) is 5.82 Å². The lowest BCUT2D eigenvalue weighted by Gasteiger charge is -2.27. The number of nitrogens with one attached hydrogen (secondary N) is 4. The number of fused-ring (bicyclic) bond motifs is 1. The Morgan fingerprint density at radius 3 is 2.81 bits per heavy atom. The topological polar surface area (TPSA) is 104 Å². The van der Waals surface area contributed by atoms with E-state index in [9.17, 15) is 9.59 Å². The molecule has 1 fully saturated rings. The number of rotatable bonds is 9. The summed E-state index contributed by atoms with van der Waals surface area (Å²) in [5.41, 5.74) is 6.20. The average molecular weight is 485 g/mol. The molecule has 2 aromatic heterocycles. The molecule has 186 valence electrons. The fraction of sp³-hybridized carbons (Fsp3) is 0.321. The number of carbonyl (C=O) groups is 1. The molecule has 4 aromatic rings. The lowest BCUT2D eigenvalue weighted by Crippen LogP contribution is -2.39. The molecule has 1 amide bonds. The first-order valence-electron chi connectivity index (χ1n) is 12.4. The largest absolute Gasteiger partial charge is 0.365 e. The van der Waals surface area contributed by atoms with Crippen molar-refractivity contribution in [2.24, 2.45) is 0 Å². The third-order valence-electron chi connectivity index (χ3n) is 6.91. The summed E-state index contributed by atoms with van der Waals surface area (Å²) < 4.78 is 1.47. The van der Waals surface area contributed by atoms with Gasteiger partial charge in [-0.1, -0.05) is 30.3 Å². The number of aromatic nitrogens is 3. The van der Waals surface area contributed by atoms with Crippen molar-refractivity contribution in [1.29, 1.82) is 0 Å². The third kappa shape index (κ3) is 5.18. The van der Waals surface area contributed by atoms with Gasteiger partial charge in [-0.05, 0) is 54.7 Å². The van der Waals surface area contributed by atoms with Crippen molar-refractivity contribution >= 4 is 22.6 Å². The predicted molar refractivity (Wildman–Crippen MR) is 142 cm³/mol. The van der Waals surface area contributed by atoms with Gasteiger partial charge in [0.25, 0.3) is 5.56 Å². The molecule has 8 heteroatoms. The Morgan fingerprint density at radius 2 is 2.00 bits per heavy atom. The molecule has 1 aliphatic heterocycles. The van der Waals surface area contributed by atoms with Crippen LogP contribution in [0.5, 0.6) is 0 Å². The van der Waals surface area contributed by atoms with Crippen molar-refractivity contribution in [3.63, 3.8) is 0 Å². The molecule has 1 saturated heterocycles. The second-order valence-corrected chi connectivity index (χ2v) is 9.54. The van der Waals surface area contributed by atoms with Gasteiger partial charge in [-0.25, -0.2) is 4.98 Å². The highest BCUT2D eigenvalue weighted by Crippen LogP contribution is 2.21. The highest BCUT2D eigenvalue weighted by atomic mass is 16.2. The number of carbonyl (C=O) groups excluding carboxylic acids is 1. The summed E-state index contributed by atoms with van der Waals surface area (Å²) >= 11 is 0. The molecule has 0 saturated carbocycles. The first kappa shape index (κ1) is 23.8. The number of anilines is 1. The van der Waals surface area contributed by atoms with Gasteiger partial charge in [-0.3, -0.25) is 14.2 Å². The summed E-state index contributed by atoms with van der Waals surface area (Å²) in [4.78, 5) is 33.2. The maximum Gasteiger partial charge on any atom is 0.293 e. The zero-order valence-electron chi connectivity index (χ0n) is 20.7. The van der Waals surface area contributed by atoms with Crippen LogP contribution in [0, 0.1) is 13.8 Å². The maximum absolute atomic E-state index is 13.0. The molecule has 1 aliphatic rings. The number of aryl methyl sites for hydroxylation is 2. The van der Waals surface area contributed by atoms with E-state index < -0.39 is 0 Å². The molecule has 0 spiro atoms. The lowest BCUT2D eigenvalue weighted by molar-refractivity contribution is -0.121. The van der Waals surface area contributed by atoms with Gasteiger partial charge in [0.05, 0.1) is 0 Å². The van der Waals surface area contributed by atoms with Crippen molar-refractivity contribution in [2.45, 2.75) is 39.3 Å². The molecular formula is C28H32N6O2. The Balaban J connectivity index is 1.18. The second kappa shape index (κ2) is 10.4. The molecular weight excluding hydrogens is 452 g/mol. The zero-order chi connectivity index (χ0) is 25.1. The quantitative estimate of drug-likeness (QED) is 0.292. The summed E-state index contributed by atoms with van der Waals surface area (Å²) in [6.07, 6.45) is 4.39. The minimum absolute atomic E-state index is 0.0508.